The summed E-state index contributed by atoms with van der Waals surface area (Å²) in [5, 5.41) is 9.23. The molecule has 3 atom stereocenters. The Hall–Kier alpha value is -3.28. The Kier molecular flexibility index (Phi) is 5.04. The number of halogens is 5. The maximum Gasteiger partial charge on any atom is 0.391 e. The highest BCUT2D eigenvalue weighted by Gasteiger charge is 2.49. The van der Waals surface area contributed by atoms with Crippen LogP contribution in [0, 0.1) is 35.8 Å². The third-order valence-corrected chi connectivity index (χ3v) is 6.07. The first kappa shape index (κ1) is 21.0. The van der Waals surface area contributed by atoms with Gasteiger partial charge in [-0.15, -0.1) is 0 Å². The number of aromatic nitrogens is 2. The molecule has 1 fully saturated rings. The minimum absolute atomic E-state index is 0.0445. The van der Waals surface area contributed by atoms with Crippen molar-refractivity contribution in [3.05, 3.63) is 74.8 Å². The number of fused-ring (bicyclic) bond motifs is 1. The molecule has 2 aromatic heterocycles. The van der Waals surface area contributed by atoms with Gasteiger partial charge in [0.25, 0.3) is 0 Å². The van der Waals surface area contributed by atoms with Crippen LogP contribution in [0.2, 0.25) is 0 Å². The number of rotatable bonds is 2. The molecule has 4 rings (SSSR count). The fourth-order valence-corrected chi connectivity index (χ4v) is 4.57. The zero-order valence-corrected chi connectivity index (χ0v) is 16.2. The molecule has 4 nitrogen and oxygen atoms in total. The summed E-state index contributed by atoms with van der Waals surface area (Å²) < 4.78 is 68.5. The number of alkyl halides is 3. The molecule has 9 heteroatoms. The van der Waals surface area contributed by atoms with E-state index in [1.165, 1.54) is 31.3 Å². The molecule has 3 aromatic rings. The van der Waals surface area contributed by atoms with E-state index >= 15 is 0 Å². The van der Waals surface area contributed by atoms with E-state index in [0.29, 0.717) is 0 Å². The van der Waals surface area contributed by atoms with E-state index in [1.54, 1.807) is 0 Å². The van der Waals surface area contributed by atoms with Crippen LogP contribution in [-0.2, 0) is 0 Å². The molecular weight excluding hydrogens is 417 g/mol. The van der Waals surface area contributed by atoms with E-state index in [4.69, 9.17) is 0 Å². The minimum Gasteiger partial charge on any atom is -0.358 e. The van der Waals surface area contributed by atoms with Crippen LogP contribution in [0.1, 0.15) is 47.2 Å². The summed E-state index contributed by atoms with van der Waals surface area (Å²) in [6.45, 7) is 1.33. The van der Waals surface area contributed by atoms with Crippen molar-refractivity contribution in [1.82, 2.24) is 9.97 Å². The predicted molar refractivity (Wildman–Crippen MR) is 102 cm³/mol. The second kappa shape index (κ2) is 7.45. The van der Waals surface area contributed by atoms with Gasteiger partial charge in [0.2, 0.25) is 0 Å². The number of H-pyrrole nitrogens is 1. The average molecular weight is 433 g/mol. The summed E-state index contributed by atoms with van der Waals surface area (Å²) in [4.78, 5) is 19.5. The Morgan fingerprint density at radius 3 is 2.55 bits per heavy atom. The zero-order valence-electron chi connectivity index (χ0n) is 16.2. The van der Waals surface area contributed by atoms with Crippen LogP contribution in [-0.4, -0.2) is 16.1 Å². The molecule has 0 radical (unpaired) electrons. The standard InChI is InChI=1S/C22H16F5N3O/c1-10-12(2-3-15(23)21(10)24)13-6-11(22(25,26)27)7-14(13)17-8-19(31)20-16(30-17)4-5-29-18(20)9-28/h2-5,8,11,13-14H,6-7H2,1H3,(H,30,31)/t11-,13-,14+/m0/s1. The molecule has 2 heterocycles. The van der Waals surface area contributed by atoms with Crippen LogP contribution in [0.15, 0.2) is 35.3 Å². The molecule has 0 bridgehead atoms. The van der Waals surface area contributed by atoms with E-state index in [1.807, 2.05) is 6.07 Å². The summed E-state index contributed by atoms with van der Waals surface area (Å²) in [7, 11) is 0. The Balaban J connectivity index is 1.88. The van der Waals surface area contributed by atoms with Crippen molar-refractivity contribution in [3.63, 3.8) is 0 Å². The first-order valence-corrected chi connectivity index (χ1v) is 9.55. The third kappa shape index (κ3) is 3.56. The number of pyridine rings is 2. The number of aromatic amines is 1. The summed E-state index contributed by atoms with van der Waals surface area (Å²) in [6, 6.07) is 6.68. The highest BCUT2D eigenvalue weighted by atomic mass is 19.4. The maximum absolute atomic E-state index is 14.2. The minimum atomic E-state index is -4.46. The second-order valence-corrected chi connectivity index (χ2v) is 7.78. The van der Waals surface area contributed by atoms with E-state index < -0.39 is 41.0 Å². The molecule has 0 saturated heterocycles. The second-order valence-electron chi connectivity index (χ2n) is 7.78. The van der Waals surface area contributed by atoms with Crippen LogP contribution < -0.4 is 5.43 Å². The summed E-state index contributed by atoms with van der Waals surface area (Å²) in [5.41, 5.74) is 0.155. The highest BCUT2D eigenvalue weighted by molar-refractivity contribution is 5.82. The van der Waals surface area contributed by atoms with Gasteiger partial charge in [0.1, 0.15) is 6.07 Å². The summed E-state index contributed by atoms with van der Waals surface area (Å²) in [5.74, 6) is -5.36. The van der Waals surface area contributed by atoms with Crippen molar-refractivity contribution < 1.29 is 22.0 Å². The molecule has 1 aliphatic carbocycles. The monoisotopic (exact) mass is 433 g/mol. The quantitative estimate of drug-likeness (QED) is 0.564. The van der Waals surface area contributed by atoms with Crippen LogP contribution in [0.5, 0.6) is 0 Å². The molecule has 0 aliphatic heterocycles. The number of nitriles is 1. The summed E-state index contributed by atoms with van der Waals surface area (Å²) >= 11 is 0. The zero-order chi connectivity index (χ0) is 22.5. The van der Waals surface area contributed by atoms with Crippen molar-refractivity contribution in [2.24, 2.45) is 5.92 Å². The maximum atomic E-state index is 14.2. The first-order valence-electron chi connectivity index (χ1n) is 9.55. The van der Waals surface area contributed by atoms with Gasteiger partial charge in [0.15, 0.2) is 22.8 Å². The smallest absolute Gasteiger partial charge is 0.358 e. The molecule has 1 saturated carbocycles. The van der Waals surface area contributed by atoms with E-state index in [0.717, 1.165) is 6.07 Å². The summed E-state index contributed by atoms with van der Waals surface area (Å²) in [6.07, 6.45) is -3.75. The van der Waals surface area contributed by atoms with Gasteiger partial charge in [0, 0.05) is 23.9 Å². The third-order valence-electron chi connectivity index (χ3n) is 6.07. The van der Waals surface area contributed by atoms with Gasteiger partial charge in [-0.2, -0.15) is 18.4 Å². The number of hydrogen-bond acceptors (Lipinski definition) is 3. The van der Waals surface area contributed by atoms with Crippen LogP contribution in [0.3, 0.4) is 0 Å². The molecule has 31 heavy (non-hydrogen) atoms. The van der Waals surface area contributed by atoms with E-state index in [2.05, 4.69) is 9.97 Å². The number of benzene rings is 1. The molecule has 0 unspecified atom stereocenters. The lowest BCUT2D eigenvalue weighted by Gasteiger charge is -2.22. The molecule has 160 valence electrons. The number of nitrogens with zero attached hydrogens (tertiary/aromatic N) is 2. The molecule has 0 spiro atoms. The highest BCUT2D eigenvalue weighted by Crippen LogP contribution is 2.53. The lowest BCUT2D eigenvalue weighted by atomic mass is 9.84. The van der Waals surface area contributed by atoms with Gasteiger partial charge in [-0.05, 0) is 48.9 Å². The van der Waals surface area contributed by atoms with Gasteiger partial charge in [0.05, 0.1) is 16.8 Å². The fourth-order valence-electron chi connectivity index (χ4n) is 4.57. The Morgan fingerprint density at radius 1 is 1.16 bits per heavy atom. The SMILES string of the molecule is Cc1c([C@@H]2C[C@H](C(F)(F)F)C[C@H]2c2cc(=O)c3c(C#N)nccc3[nH]2)ccc(F)c1F. The van der Waals surface area contributed by atoms with Gasteiger partial charge >= 0.3 is 6.18 Å². The molecule has 1 aliphatic rings. The van der Waals surface area contributed by atoms with Gasteiger partial charge < -0.3 is 4.98 Å². The lowest BCUT2D eigenvalue weighted by molar-refractivity contribution is -0.172. The fraction of sp³-hybridized carbons (Fsp3) is 0.318. The van der Waals surface area contributed by atoms with Gasteiger partial charge in [-0.3, -0.25) is 4.79 Å². The predicted octanol–water partition coefficient (Wildman–Crippen LogP) is 5.22. The van der Waals surface area contributed by atoms with Crippen molar-refractivity contribution in [2.45, 2.75) is 37.8 Å². The van der Waals surface area contributed by atoms with Crippen molar-refractivity contribution in [2.75, 3.05) is 0 Å². The Morgan fingerprint density at radius 2 is 1.87 bits per heavy atom. The number of nitrogens with one attached hydrogen (secondary N) is 1. The molecule has 1 aromatic carbocycles. The Bertz CT molecular complexity index is 1280. The molecule has 1 N–H and O–H groups in total. The van der Waals surface area contributed by atoms with Crippen LogP contribution >= 0.6 is 0 Å². The largest absolute Gasteiger partial charge is 0.391 e. The van der Waals surface area contributed by atoms with Crippen molar-refractivity contribution in [3.8, 4) is 6.07 Å². The van der Waals surface area contributed by atoms with E-state index in [9.17, 15) is 32.0 Å². The van der Waals surface area contributed by atoms with Crippen molar-refractivity contribution in [1.29, 1.82) is 5.26 Å². The topological polar surface area (TPSA) is 69.5 Å². The van der Waals surface area contributed by atoms with Gasteiger partial charge in [-0.1, -0.05) is 6.07 Å². The average Bonchev–Trinajstić information content (AvgIpc) is 3.17. The van der Waals surface area contributed by atoms with Crippen molar-refractivity contribution >= 4 is 10.9 Å². The normalized spacial score (nSPS) is 21.4. The molecular formula is C22H16F5N3O. The van der Waals surface area contributed by atoms with Gasteiger partial charge in [-0.25, -0.2) is 13.8 Å². The number of hydrogen-bond donors (Lipinski definition) is 1. The van der Waals surface area contributed by atoms with E-state index in [-0.39, 0.29) is 46.3 Å². The van der Waals surface area contributed by atoms with Crippen LogP contribution in [0.25, 0.3) is 10.9 Å². The Labute approximate surface area is 173 Å². The first-order chi connectivity index (χ1) is 14.6. The molecule has 0 amide bonds. The van der Waals surface area contributed by atoms with Crippen LogP contribution in [0.4, 0.5) is 22.0 Å². The lowest BCUT2D eigenvalue weighted by Crippen LogP contribution is -2.20.